The van der Waals surface area contributed by atoms with Gasteiger partial charge in [-0.3, -0.25) is 4.79 Å². The van der Waals surface area contributed by atoms with Crippen molar-refractivity contribution < 1.29 is 18.0 Å². The molecule has 0 aliphatic rings. The molecule has 0 spiro atoms. The molecule has 2 nitrogen and oxygen atoms in total. The van der Waals surface area contributed by atoms with Crippen LogP contribution in [0.2, 0.25) is 0 Å². The lowest BCUT2D eigenvalue weighted by Gasteiger charge is -2.15. The normalized spacial score (nSPS) is 11.4. The van der Waals surface area contributed by atoms with Crippen LogP contribution in [0.3, 0.4) is 0 Å². The van der Waals surface area contributed by atoms with E-state index in [0.29, 0.717) is 5.56 Å². The highest BCUT2D eigenvalue weighted by molar-refractivity contribution is 6.04. The van der Waals surface area contributed by atoms with E-state index >= 15 is 0 Å². The molecule has 122 valence electrons. The monoisotopic (exact) mass is 321 g/mol. The van der Waals surface area contributed by atoms with Crippen molar-refractivity contribution >= 4 is 11.6 Å². The zero-order valence-corrected chi connectivity index (χ0v) is 13.2. The molecule has 0 aliphatic heterocycles. The zero-order valence-electron chi connectivity index (χ0n) is 13.2. The van der Waals surface area contributed by atoms with Crippen molar-refractivity contribution in [2.45, 2.75) is 33.4 Å². The number of anilines is 1. The Morgan fingerprint density at radius 2 is 1.83 bits per heavy atom. The van der Waals surface area contributed by atoms with Crippen LogP contribution in [0.4, 0.5) is 18.9 Å². The summed E-state index contributed by atoms with van der Waals surface area (Å²) < 4.78 is 38.8. The van der Waals surface area contributed by atoms with Crippen molar-refractivity contribution in [3.8, 4) is 0 Å². The molecule has 2 aromatic rings. The number of hydrogen-bond donors (Lipinski definition) is 1. The first-order valence-electron chi connectivity index (χ1n) is 7.31. The maximum Gasteiger partial charge on any atom is 0.416 e. The molecule has 0 unspecified atom stereocenters. The molecule has 0 heterocycles. The van der Waals surface area contributed by atoms with Gasteiger partial charge in [0.15, 0.2) is 0 Å². The van der Waals surface area contributed by atoms with Gasteiger partial charge in [0.05, 0.1) is 5.56 Å². The van der Waals surface area contributed by atoms with E-state index in [1.807, 2.05) is 19.9 Å². The lowest BCUT2D eigenvalue weighted by atomic mass is 10.0. The molecule has 1 amide bonds. The fourth-order valence-electron chi connectivity index (χ4n) is 2.47. The Kier molecular flexibility index (Phi) is 4.78. The number of alkyl halides is 3. The van der Waals surface area contributed by atoms with Crippen molar-refractivity contribution in [2.24, 2.45) is 0 Å². The van der Waals surface area contributed by atoms with Crippen molar-refractivity contribution in [1.82, 2.24) is 0 Å². The second-order valence-electron chi connectivity index (χ2n) is 5.42. The molecule has 0 fully saturated rings. The van der Waals surface area contributed by atoms with Gasteiger partial charge in [0.1, 0.15) is 0 Å². The summed E-state index contributed by atoms with van der Waals surface area (Å²) in [6, 6.07) is 9.05. The van der Waals surface area contributed by atoms with E-state index in [9.17, 15) is 18.0 Å². The number of benzene rings is 2. The first-order valence-corrected chi connectivity index (χ1v) is 7.31. The van der Waals surface area contributed by atoms with E-state index in [1.54, 1.807) is 12.1 Å². The van der Waals surface area contributed by atoms with Crippen molar-refractivity contribution in [3.05, 3.63) is 64.2 Å². The van der Waals surface area contributed by atoms with Crippen molar-refractivity contribution in [2.75, 3.05) is 5.32 Å². The van der Waals surface area contributed by atoms with Crippen LogP contribution in [0.25, 0.3) is 0 Å². The number of nitrogens with one attached hydrogen (secondary N) is 1. The van der Waals surface area contributed by atoms with E-state index < -0.39 is 17.6 Å². The Morgan fingerprint density at radius 3 is 2.43 bits per heavy atom. The number of hydrogen-bond acceptors (Lipinski definition) is 1. The van der Waals surface area contributed by atoms with Gasteiger partial charge < -0.3 is 5.32 Å². The number of aryl methyl sites for hydroxylation is 2. The number of carbonyl (C=O) groups excluding carboxylic acids is 1. The van der Waals surface area contributed by atoms with E-state index in [2.05, 4.69) is 5.32 Å². The van der Waals surface area contributed by atoms with Gasteiger partial charge in [-0.05, 0) is 61.2 Å². The second kappa shape index (κ2) is 6.44. The van der Waals surface area contributed by atoms with Crippen molar-refractivity contribution in [3.63, 3.8) is 0 Å². The van der Waals surface area contributed by atoms with Gasteiger partial charge in [-0.25, -0.2) is 0 Å². The van der Waals surface area contributed by atoms with Gasteiger partial charge in [0.2, 0.25) is 0 Å². The Balaban J connectivity index is 2.31. The average molecular weight is 321 g/mol. The molecule has 2 rings (SSSR count). The summed E-state index contributed by atoms with van der Waals surface area (Å²) in [5.41, 5.74) is 2.00. The zero-order chi connectivity index (χ0) is 17.2. The highest BCUT2D eigenvalue weighted by atomic mass is 19.4. The third kappa shape index (κ3) is 3.73. The Morgan fingerprint density at radius 1 is 1.13 bits per heavy atom. The fraction of sp³-hybridized carbons (Fsp3) is 0.278. The molecular weight excluding hydrogens is 303 g/mol. The summed E-state index contributed by atoms with van der Waals surface area (Å²) in [4.78, 5) is 12.3. The molecular formula is C18H18F3NO. The molecule has 0 bridgehead atoms. The SMILES string of the molecule is CCc1cc(C(=O)Nc2cccc(C(F)(F)F)c2C)ccc1C. The van der Waals surface area contributed by atoms with Crippen LogP contribution in [0.1, 0.15) is 39.5 Å². The molecule has 0 saturated carbocycles. The van der Waals surface area contributed by atoms with Gasteiger partial charge >= 0.3 is 6.18 Å². The molecule has 2 aromatic carbocycles. The van der Waals surface area contributed by atoms with E-state index in [1.165, 1.54) is 19.1 Å². The van der Waals surface area contributed by atoms with E-state index in [4.69, 9.17) is 0 Å². The van der Waals surface area contributed by atoms with Crippen LogP contribution in [0.15, 0.2) is 36.4 Å². The summed E-state index contributed by atoms with van der Waals surface area (Å²) in [6.45, 7) is 5.30. The number of amides is 1. The summed E-state index contributed by atoms with van der Waals surface area (Å²) >= 11 is 0. The van der Waals surface area contributed by atoms with Gasteiger partial charge in [-0.15, -0.1) is 0 Å². The van der Waals surface area contributed by atoms with Crippen molar-refractivity contribution in [1.29, 1.82) is 0 Å². The minimum Gasteiger partial charge on any atom is -0.322 e. The molecule has 1 N–H and O–H groups in total. The Hall–Kier alpha value is -2.30. The summed E-state index contributed by atoms with van der Waals surface area (Å²) in [7, 11) is 0. The lowest BCUT2D eigenvalue weighted by Crippen LogP contribution is -2.15. The quantitative estimate of drug-likeness (QED) is 0.833. The summed E-state index contributed by atoms with van der Waals surface area (Å²) in [6.07, 6.45) is -3.65. The molecule has 0 aromatic heterocycles. The third-order valence-corrected chi connectivity index (χ3v) is 3.88. The second-order valence-corrected chi connectivity index (χ2v) is 5.42. The lowest BCUT2D eigenvalue weighted by molar-refractivity contribution is -0.138. The standard InChI is InChI=1S/C18H18F3NO/c1-4-13-10-14(9-8-11(13)2)17(23)22-16-7-5-6-15(12(16)3)18(19,20)21/h5-10H,4H2,1-3H3,(H,22,23). The molecule has 0 atom stereocenters. The van der Waals surface area contributed by atoms with Gasteiger partial charge in [0.25, 0.3) is 5.91 Å². The predicted octanol–water partition coefficient (Wildman–Crippen LogP) is 5.14. The highest BCUT2D eigenvalue weighted by Gasteiger charge is 2.33. The minimum absolute atomic E-state index is 0.0103. The summed E-state index contributed by atoms with van der Waals surface area (Å²) in [5.74, 6) is -0.415. The van der Waals surface area contributed by atoms with Gasteiger partial charge in [0, 0.05) is 11.3 Å². The smallest absolute Gasteiger partial charge is 0.322 e. The van der Waals surface area contributed by atoms with Gasteiger partial charge in [-0.2, -0.15) is 13.2 Å². The largest absolute Gasteiger partial charge is 0.416 e. The Labute approximate surface area is 133 Å². The number of halogens is 3. The topological polar surface area (TPSA) is 29.1 Å². The highest BCUT2D eigenvalue weighted by Crippen LogP contribution is 2.34. The average Bonchev–Trinajstić information content (AvgIpc) is 2.48. The first-order chi connectivity index (χ1) is 10.7. The Bertz CT molecular complexity index is 736. The van der Waals surface area contributed by atoms with Crippen LogP contribution < -0.4 is 5.32 Å². The molecule has 23 heavy (non-hydrogen) atoms. The van der Waals surface area contributed by atoms with Gasteiger partial charge in [-0.1, -0.05) is 19.1 Å². The maximum absolute atomic E-state index is 12.9. The third-order valence-electron chi connectivity index (χ3n) is 3.88. The minimum atomic E-state index is -4.44. The van der Waals surface area contributed by atoms with E-state index in [-0.39, 0.29) is 11.3 Å². The van der Waals surface area contributed by atoms with Crippen LogP contribution in [-0.2, 0) is 12.6 Å². The number of carbonyl (C=O) groups is 1. The summed E-state index contributed by atoms with van der Waals surface area (Å²) in [5, 5.41) is 2.57. The molecule has 0 radical (unpaired) electrons. The predicted molar refractivity (Wildman–Crippen MR) is 84.7 cm³/mol. The van der Waals surface area contributed by atoms with Crippen LogP contribution in [0.5, 0.6) is 0 Å². The molecule has 0 aliphatic carbocycles. The molecule has 0 saturated heterocycles. The maximum atomic E-state index is 12.9. The number of rotatable bonds is 3. The van der Waals surface area contributed by atoms with Crippen LogP contribution >= 0.6 is 0 Å². The van der Waals surface area contributed by atoms with E-state index in [0.717, 1.165) is 23.6 Å². The van der Waals surface area contributed by atoms with Crippen LogP contribution in [0, 0.1) is 13.8 Å². The molecule has 5 heteroatoms. The first kappa shape index (κ1) is 17.1. The fourth-order valence-corrected chi connectivity index (χ4v) is 2.47. The van der Waals surface area contributed by atoms with Crippen LogP contribution in [-0.4, -0.2) is 5.91 Å².